The zero-order chi connectivity index (χ0) is 20.5. The van der Waals surface area contributed by atoms with Crippen LogP contribution in [0.2, 0.25) is 0 Å². The molecule has 0 amide bonds. The third kappa shape index (κ3) is 4.11. The fourth-order valence-corrected chi connectivity index (χ4v) is 4.24. The molecule has 2 aromatic rings. The standard InChI is InChI=1S/C24H24F4O/c1-2-15-9-10-17(22(26)21(15)25)8-5-14-3-6-16(7-4-14)18-11-12-19(20-13-29-20)24(28)23(18)27/h5,8-12,14,16,20H,2-4,6-7,13H2,1H3/b8-5+. The van der Waals surface area contributed by atoms with E-state index < -0.39 is 23.3 Å². The summed E-state index contributed by atoms with van der Waals surface area (Å²) < 4.78 is 62.0. The first-order valence-corrected chi connectivity index (χ1v) is 10.2. The molecule has 2 fully saturated rings. The lowest BCUT2D eigenvalue weighted by molar-refractivity contribution is 0.361. The summed E-state index contributed by atoms with van der Waals surface area (Å²) in [5.41, 5.74) is 1.34. The van der Waals surface area contributed by atoms with E-state index in [0.717, 1.165) is 25.7 Å². The average molecular weight is 404 g/mol. The van der Waals surface area contributed by atoms with E-state index in [0.29, 0.717) is 29.7 Å². The van der Waals surface area contributed by atoms with Gasteiger partial charge < -0.3 is 4.74 Å². The van der Waals surface area contributed by atoms with Gasteiger partial charge in [0.25, 0.3) is 0 Å². The van der Waals surface area contributed by atoms with Crippen molar-refractivity contribution in [1.82, 2.24) is 0 Å². The first kappa shape index (κ1) is 20.1. The van der Waals surface area contributed by atoms with Crippen LogP contribution in [0.25, 0.3) is 6.08 Å². The van der Waals surface area contributed by atoms with Gasteiger partial charge in [-0.2, -0.15) is 0 Å². The number of rotatable bonds is 5. The SMILES string of the molecule is CCc1ccc(/C=C/C2CCC(c3ccc(C4CO4)c(F)c3F)CC2)c(F)c1F. The van der Waals surface area contributed by atoms with E-state index in [1.54, 1.807) is 37.3 Å². The minimum atomic E-state index is -0.813. The van der Waals surface area contributed by atoms with Crippen LogP contribution in [0, 0.1) is 29.2 Å². The summed E-state index contributed by atoms with van der Waals surface area (Å²) in [4.78, 5) is 0. The van der Waals surface area contributed by atoms with Gasteiger partial charge in [-0.25, -0.2) is 17.6 Å². The summed E-state index contributed by atoms with van der Waals surface area (Å²) in [6, 6.07) is 6.53. The number of hydrogen-bond donors (Lipinski definition) is 0. The molecule has 2 aliphatic rings. The Morgan fingerprint density at radius 2 is 1.52 bits per heavy atom. The van der Waals surface area contributed by atoms with Gasteiger partial charge in [0.15, 0.2) is 23.3 Å². The zero-order valence-electron chi connectivity index (χ0n) is 16.4. The van der Waals surface area contributed by atoms with Crippen molar-refractivity contribution in [3.8, 4) is 0 Å². The van der Waals surface area contributed by atoms with Crippen molar-refractivity contribution in [2.45, 2.75) is 51.0 Å². The Morgan fingerprint density at radius 1 is 0.862 bits per heavy atom. The maximum atomic E-state index is 14.5. The molecule has 29 heavy (non-hydrogen) atoms. The van der Waals surface area contributed by atoms with E-state index in [4.69, 9.17) is 4.74 Å². The van der Waals surface area contributed by atoms with E-state index in [9.17, 15) is 17.6 Å². The van der Waals surface area contributed by atoms with E-state index in [1.165, 1.54) is 0 Å². The number of hydrogen-bond acceptors (Lipinski definition) is 1. The molecule has 0 N–H and O–H groups in total. The molecule has 0 spiro atoms. The van der Waals surface area contributed by atoms with Crippen LogP contribution in [0.4, 0.5) is 17.6 Å². The third-order valence-corrected chi connectivity index (χ3v) is 6.15. The van der Waals surface area contributed by atoms with Gasteiger partial charge in [0, 0.05) is 11.1 Å². The normalized spacial score (nSPS) is 24.2. The molecule has 1 aliphatic heterocycles. The number of epoxide rings is 1. The molecule has 1 heterocycles. The highest BCUT2D eigenvalue weighted by Gasteiger charge is 2.32. The fourth-order valence-electron chi connectivity index (χ4n) is 4.24. The third-order valence-electron chi connectivity index (χ3n) is 6.15. The topological polar surface area (TPSA) is 12.5 Å². The Bertz CT molecular complexity index is 925. The molecule has 1 nitrogen and oxygen atoms in total. The Kier molecular flexibility index (Phi) is 5.77. The highest BCUT2D eigenvalue weighted by Crippen LogP contribution is 2.40. The molecule has 2 aromatic carbocycles. The Balaban J connectivity index is 1.41. The molecule has 1 saturated carbocycles. The predicted octanol–water partition coefficient (Wildman–Crippen LogP) is 6.86. The lowest BCUT2D eigenvalue weighted by Gasteiger charge is -2.27. The smallest absolute Gasteiger partial charge is 0.166 e. The predicted molar refractivity (Wildman–Crippen MR) is 105 cm³/mol. The average Bonchev–Trinajstić information content (AvgIpc) is 3.57. The summed E-state index contributed by atoms with van der Waals surface area (Å²) in [6.07, 6.45) is 6.74. The van der Waals surface area contributed by atoms with Gasteiger partial charge in [0.05, 0.1) is 6.61 Å². The van der Waals surface area contributed by atoms with Gasteiger partial charge >= 0.3 is 0 Å². The van der Waals surface area contributed by atoms with Crippen molar-refractivity contribution in [2.75, 3.05) is 6.61 Å². The van der Waals surface area contributed by atoms with Gasteiger partial charge in [-0.05, 0) is 55.1 Å². The van der Waals surface area contributed by atoms with Crippen molar-refractivity contribution in [3.63, 3.8) is 0 Å². The van der Waals surface area contributed by atoms with Crippen molar-refractivity contribution in [3.05, 3.63) is 75.9 Å². The first-order chi connectivity index (χ1) is 14.0. The molecule has 1 unspecified atom stereocenters. The van der Waals surface area contributed by atoms with Gasteiger partial charge in [-0.15, -0.1) is 0 Å². The Morgan fingerprint density at radius 3 is 2.17 bits per heavy atom. The second-order valence-corrected chi connectivity index (χ2v) is 7.96. The van der Waals surface area contributed by atoms with Crippen LogP contribution >= 0.6 is 0 Å². The molecule has 0 bridgehead atoms. The summed E-state index contributed by atoms with van der Waals surface area (Å²) in [6.45, 7) is 2.23. The van der Waals surface area contributed by atoms with Gasteiger partial charge in [0.1, 0.15) is 6.10 Å². The summed E-state index contributed by atoms with van der Waals surface area (Å²) in [5.74, 6) is -2.96. The molecule has 1 atom stereocenters. The van der Waals surface area contributed by atoms with Gasteiger partial charge in [0.2, 0.25) is 0 Å². The minimum absolute atomic E-state index is 0.0265. The summed E-state index contributed by atoms with van der Waals surface area (Å²) in [5, 5.41) is 0. The quantitative estimate of drug-likeness (QED) is 0.392. The van der Waals surface area contributed by atoms with Crippen LogP contribution in [-0.4, -0.2) is 6.61 Å². The van der Waals surface area contributed by atoms with Crippen LogP contribution < -0.4 is 0 Å². The lowest BCUT2D eigenvalue weighted by atomic mass is 9.78. The van der Waals surface area contributed by atoms with E-state index in [2.05, 4.69) is 0 Å². The number of aryl methyl sites for hydroxylation is 1. The second-order valence-electron chi connectivity index (χ2n) is 7.96. The van der Waals surface area contributed by atoms with Crippen molar-refractivity contribution >= 4 is 6.08 Å². The maximum Gasteiger partial charge on any atom is 0.166 e. The molecule has 1 aliphatic carbocycles. The Hall–Kier alpha value is -2.14. The minimum Gasteiger partial charge on any atom is -0.368 e. The maximum absolute atomic E-state index is 14.5. The molecule has 4 rings (SSSR count). The van der Waals surface area contributed by atoms with E-state index >= 15 is 0 Å². The number of allylic oxidation sites excluding steroid dienone is 1. The van der Waals surface area contributed by atoms with Crippen molar-refractivity contribution in [2.24, 2.45) is 5.92 Å². The van der Waals surface area contributed by atoms with Crippen LogP contribution in [0.5, 0.6) is 0 Å². The molecule has 0 aromatic heterocycles. The second kappa shape index (κ2) is 8.31. The van der Waals surface area contributed by atoms with E-state index in [1.807, 2.05) is 6.08 Å². The van der Waals surface area contributed by atoms with Crippen LogP contribution in [0.3, 0.4) is 0 Å². The molecule has 0 radical (unpaired) electrons. The van der Waals surface area contributed by atoms with Crippen molar-refractivity contribution < 1.29 is 22.3 Å². The molecule has 1 saturated heterocycles. The van der Waals surface area contributed by atoms with Crippen LogP contribution in [0.15, 0.2) is 30.3 Å². The Labute approximate surface area is 168 Å². The van der Waals surface area contributed by atoms with Crippen LogP contribution in [-0.2, 0) is 11.2 Å². The fraction of sp³-hybridized carbons (Fsp3) is 0.417. The number of benzene rings is 2. The van der Waals surface area contributed by atoms with Gasteiger partial charge in [-0.1, -0.05) is 43.3 Å². The number of halogens is 4. The molecule has 5 heteroatoms. The van der Waals surface area contributed by atoms with E-state index in [-0.39, 0.29) is 23.5 Å². The highest BCUT2D eigenvalue weighted by molar-refractivity contribution is 5.51. The molecular weight excluding hydrogens is 380 g/mol. The number of ether oxygens (including phenoxy) is 1. The first-order valence-electron chi connectivity index (χ1n) is 10.2. The molecular formula is C24H24F4O. The monoisotopic (exact) mass is 404 g/mol. The summed E-state index contributed by atoms with van der Waals surface area (Å²) >= 11 is 0. The highest BCUT2D eigenvalue weighted by atomic mass is 19.2. The van der Waals surface area contributed by atoms with Crippen LogP contribution in [0.1, 0.15) is 66.9 Å². The summed E-state index contributed by atoms with van der Waals surface area (Å²) in [7, 11) is 0. The van der Waals surface area contributed by atoms with Crippen molar-refractivity contribution in [1.29, 1.82) is 0 Å². The lowest BCUT2D eigenvalue weighted by Crippen LogP contribution is -2.14. The van der Waals surface area contributed by atoms with Gasteiger partial charge in [-0.3, -0.25) is 0 Å². The molecule has 154 valence electrons. The zero-order valence-corrected chi connectivity index (χ0v) is 16.4. The largest absolute Gasteiger partial charge is 0.368 e.